The van der Waals surface area contributed by atoms with E-state index in [9.17, 15) is 13.2 Å². The molecule has 6 heteroatoms. The summed E-state index contributed by atoms with van der Waals surface area (Å²) in [6.07, 6.45) is -4.71. The fourth-order valence-electron chi connectivity index (χ4n) is 1.02. The van der Waals surface area contributed by atoms with Gasteiger partial charge in [0.15, 0.2) is 5.75 Å². The number of ether oxygens (including phenoxy) is 1. The summed E-state index contributed by atoms with van der Waals surface area (Å²) in [6, 6.07) is 5.71. The highest BCUT2D eigenvalue weighted by Crippen LogP contribution is 2.29. The van der Waals surface area contributed by atoms with Gasteiger partial charge < -0.3 is 10.1 Å². The molecule has 0 saturated heterocycles. The van der Waals surface area contributed by atoms with Crippen LogP contribution >= 0.6 is 11.6 Å². The first-order valence-electron chi connectivity index (χ1n) is 4.30. The second kappa shape index (κ2) is 5.12. The number of benzene rings is 1. The number of rotatable bonds is 4. The van der Waals surface area contributed by atoms with Crippen LogP contribution in [0.5, 0.6) is 5.75 Å². The van der Waals surface area contributed by atoms with E-state index in [0.29, 0.717) is 5.03 Å². The van der Waals surface area contributed by atoms with Gasteiger partial charge in [0.05, 0.1) is 12.2 Å². The van der Waals surface area contributed by atoms with E-state index in [2.05, 4.69) is 16.6 Å². The normalized spacial score (nSPS) is 11.0. The number of anilines is 1. The maximum absolute atomic E-state index is 12.0. The lowest BCUT2D eigenvalue weighted by atomic mass is 10.3. The third-order valence-electron chi connectivity index (χ3n) is 1.58. The van der Waals surface area contributed by atoms with Crippen LogP contribution in [0.2, 0.25) is 0 Å². The Kier molecular flexibility index (Phi) is 4.06. The van der Waals surface area contributed by atoms with Crippen LogP contribution in [0.1, 0.15) is 0 Å². The van der Waals surface area contributed by atoms with Gasteiger partial charge in [-0.1, -0.05) is 30.3 Å². The Hall–Kier alpha value is -1.36. The SMILES string of the molecule is C=C(Cl)CNc1ccccc1OC(F)(F)F. The van der Waals surface area contributed by atoms with Crippen molar-refractivity contribution in [1.82, 2.24) is 0 Å². The Bertz CT molecular complexity index is 379. The molecule has 0 fully saturated rings. The van der Waals surface area contributed by atoms with Crippen molar-refractivity contribution < 1.29 is 17.9 Å². The minimum Gasteiger partial charge on any atom is -0.404 e. The van der Waals surface area contributed by atoms with E-state index in [1.807, 2.05) is 0 Å². The third-order valence-corrected chi connectivity index (χ3v) is 1.72. The van der Waals surface area contributed by atoms with Gasteiger partial charge in [-0.3, -0.25) is 0 Å². The molecule has 0 aliphatic rings. The van der Waals surface area contributed by atoms with Crippen LogP contribution in [0, 0.1) is 0 Å². The summed E-state index contributed by atoms with van der Waals surface area (Å²) in [7, 11) is 0. The Morgan fingerprint density at radius 3 is 2.56 bits per heavy atom. The maximum Gasteiger partial charge on any atom is 0.573 e. The number of alkyl halides is 3. The smallest absolute Gasteiger partial charge is 0.404 e. The standard InChI is InChI=1S/C10H9ClF3NO/c1-7(11)6-15-8-4-2-3-5-9(8)16-10(12,13)14/h2-5,15H,1,6H2. The number of hydrogen-bond donors (Lipinski definition) is 1. The summed E-state index contributed by atoms with van der Waals surface area (Å²) >= 11 is 5.49. The molecular weight excluding hydrogens is 243 g/mol. The molecule has 0 atom stereocenters. The average Bonchev–Trinajstić information content (AvgIpc) is 2.14. The molecule has 88 valence electrons. The highest BCUT2D eigenvalue weighted by Gasteiger charge is 2.31. The number of nitrogens with one attached hydrogen (secondary N) is 1. The molecule has 0 radical (unpaired) electrons. The molecular formula is C10H9ClF3NO. The largest absolute Gasteiger partial charge is 0.573 e. The van der Waals surface area contributed by atoms with Crippen molar-refractivity contribution in [3.8, 4) is 5.75 Å². The van der Waals surface area contributed by atoms with Crippen molar-refractivity contribution in [2.24, 2.45) is 0 Å². The van der Waals surface area contributed by atoms with E-state index in [0.717, 1.165) is 0 Å². The van der Waals surface area contributed by atoms with Crippen LogP contribution in [0.15, 0.2) is 35.9 Å². The molecule has 2 nitrogen and oxygen atoms in total. The van der Waals surface area contributed by atoms with Gasteiger partial charge in [0.25, 0.3) is 0 Å². The minimum atomic E-state index is -4.71. The molecule has 1 aromatic carbocycles. The van der Waals surface area contributed by atoms with Crippen molar-refractivity contribution in [2.75, 3.05) is 11.9 Å². The van der Waals surface area contributed by atoms with E-state index in [1.165, 1.54) is 18.2 Å². The van der Waals surface area contributed by atoms with Gasteiger partial charge in [-0.2, -0.15) is 0 Å². The van der Waals surface area contributed by atoms with Gasteiger partial charge in [-0.15, -0.1) is 13.2 Å². The summed E-state index contributed by atoms with van der Waals surface area (Å²) in [5.41, 5.74) is 0.210. The van der Waals surface area contributed by atoms with Crippen molar-refractivity contribution >= 4 is 17.3 Å². The van der Waals surface area contributed by atoms with E-state index in [-0.39, 0.29) is 18.0 Å². The zero-order valence-electron chi connectivity index (χ0n) is 8.14. The van der Waals surface area contributed by atoms with Crippen LogP contribution in [0.3, 0.4) is 0 Å². The highest BCUT2D eigenvalue weighted by atomic mass is 35.5. The van der Waals surface area contributed by atoms with E-state index < -0.39 is 6.36 Å². The Labute approximate surface area is 95.7 Å². The lowest BCUT2D eigenvalue weighted by Crippen LogP contribution is -2.18. The molecule has 16 heavy (non-hydrogen) atoms. The first kappa shape index (κ1) is 12.7. The molecule has 0 saturated carbocycles. The molecule has 0 aliphatic carbocycles. The molecule has 0 bridgehead atoms. The molecule has 1 rings (SSSR count). The topological polar surface area (TPSA) is 21.3 Å². The van der Waals surface area contributed by atoms with Gasteiger partial charge in [0.1, 0.15) is 0 Å². The third kappa shape index (κ3) is 4.44. The summed E-state index contributed by atoms with van der Waals surface area (Å²) in [4.78, 5) is 0. The van der Waals surface area contributed by atoms with Gasteiger partial charge >= 0.3 is 6.36 Å². The van der Waals surface area contributed by atoms with Crippen LogP contribution in [0.4, 0.5) is 18.9 Å². The first-order valence-corrected chi connectivity index (χ1v) is 4.68. The molecule has 0 aliphatic heterocycles. The maximum atomic E-state index is 12.0. The lowest BCUT2D eigenvalue weighted by Gasteiger charge is -2.13. The second-order valence-electron chi connectivity index (χ2n) is 2.91. The summed E-state index contributed by atoms with van der Waals surface area (Å²) in [5, 5.41) is 2.97. The number of hydrogen-bond acceptors (Lipinski definition) is 2. The van der Waals surface area contributed by atoms with Crippen LogP contribution in [-0.2, 0) is 0 Å². The van der Waals surface area contributed by atoms with Gasteiger partial charge in [0, 0.05) is 5.03 Å². The van der Waals surface area contributed by atoms with Crippen molar-refractivity contribution in [1.29, 1.82) is 0 Å². The fourth-order valence-corrected chi connectivity index (χ4v) is 1.08. The molecule has 0 heterocycles. The average molecular weight is 252 g/mol. The Balaban J connectivity index is 2.79. The van der Waals surface area contributed by atoms with Crippen LogP contribution in [-0.4, -0.2) is 12.9 Å². The zero-order chi connectivity index (χ0) is 12.2. The summed E-state index contributed by atoms with van der Waals surface area (Å²) < 4.78 is 39.9. The second-order valence-corrected chi connectivity index (χ2v) is 3.45. The van der Waals surface area contributed by atoms with E-state index in [4.69, 9.17) is 11.6 Å². The van der Waals surface area contributed by atoms with E-state index >= 15 is 0 Å². The monoisotopic (exact) mass is 251 g/mol. The first-order chi connectivity index (χ1) is 7.38. The zero-order valence-corrected chi connectivity index (χ0v) is 8.90. The van der Waals surface area contributed by atoms with Gasteiger partial charge in [-0.05, 0) is 12.1 Å². The van der Waals surface area contributed by atoms with Crippen molar-refractivity contribution in [3.05, 3.63) is 35.9 Å². The van der Waals surface area contributed by atoms with Gasteiger partial charge in [-0.25, -0.2) is 0 Å². The van der Waals surface area contributed by atoms with Crippen LogP contribution in [0.25, 0.3) is 0 Å². The van der Waals surface area contributed by atoms with Crippen LogP contribution < -0.4 is 10.1 Å². The summed E-state index contributed by atoms with van der Waals surface area (Å²) in [6.45, 7) is 3.58. The Morgan fingerprint density at radius 2 is 2.00 bits per heavy atom. The number of para-hydroxylation sites is 2. The molecule has 1 N–H and O–H groups in total. The quantitative estimate of drug-likeness (QED) is 0.880. The van der Waals surface area contributed by atoms with E-state index in [1.54, 1.807) is 6.07 Å². The molecule has 0 aromatic heterocycles. The fraction of sp³-hybridized carbons (Fsp3) is 0.200. The molecule has 1 aromatic rings. The highest BCUT2D eigenvalue weighted by molar-refractivity contribution is 6.29. The predicted octanol–water partition coefficient (Wildman–Crippen LogP) is 3.75. The number of halogens is 4. The minimum absolute atomic E-state index is 0.166. The Morgan fingerprint density at radius 1 is 1.38 bits per heavy atom. The molecule has 0 amide bonds. The lowest BCUT2D eigenvalue weighted by molar-refractivity contribution is -0.274. The van der Waals surface area contributed by atoms with Crippen molar-refractivity contribution in [2.45, 2.75) is 6.36 Å². The van der Waals surface area contributed by atoms with Crippen molar-refractivity contribution in [3.63, 3.8) is 0 Å². The molecule has 0 spiro atoms. The summed E-state index contributed by atoms with van der Waals surface area (Å²) in [5.74, 6) is -0.298. The molecule has 0 unspecified atom stereocenters. The van der Waals surface area contributed by atoms with Gasteiger partial charge in [0.2, 0.25) is 0 Å². The predicted molar refractivity (Wildman–Crippen MR) is 56.6 cm³/mol.